The van der Waals surface area contributed by atoms with Gasteiger partial charge in [-0.05, 0) is 42.3 Å². The van der Waals surface area contributed by atoms with Crippen molar-refractivity contribution < 1.29 is 17.9 Å². The summed E-state index contributed by atoms with van der Waals surface area (Å²) >= 11 is 1.07. The molecule has 2 aliphatic heterocycles. The number of methoxy groups -OCH3 is 1. The fourth-order valence-electron chi connectivity index (χ4n) is 3.93. The fourth-order valence-corrected chi connectivity index (χ4v) is 6.66. The van der Waals surface area contributed by atoms with Gasteiger partial charge in [-0.3, -0.25) is 0 Å². The van der Waals surface area contributed by atoms with Crippen molar-refractivity contribution in [2.24, 2.45) is 5.92 Å². The topological polar surface area (TPSA) is 95.9 Å². The molecule has 0 atom stereocenters. The van der Waals surface area contributed by atoms with E-state index in [4.69, 9.17) is 4.74 Å². The van der Waals surface area contributed by atoms with E-state index in [-0.39, 0.29) is 9.77 Å². The Labute approximate surface area is 186 Å². The average molecular weight is 466 g/mol. The minimum absolute atomic E-state index is 0.0118. The van der Waals surface area contributed by atoms with Crippen molar-refractivity contribution in [3.8, 4) is 0 Å². The molecule has 2 aliphatic rings. The van der Waals surface area contributed by atoms with Crippen LogP contribution in [0.3, 0.4) is 0 Å². The second kappa shape index (κ2) is 9.09. The maximum atomic E-state index is 13.0. The van der Waals surface area contributed by atoms with Crippen LogP contribution in [-0.2, 0) is 14.8 Å². The molecule has 0 aromatic carbocycles. The highest BCUT2D eigenvalue weighted by Crippen LogP contribution is 2.28. The Hall–Kier alpha value is -2.24. The number of piperazine rings is 1. The van der Waals surface area contributed by atoms with Crippen LogP contribution in [0.4, 0.5) is 11.6 Å². The van der Waals surface area contributed by atoms with Gasteiger partial charge in [-0.25, -0.2) is 13.2 Å². The average Bonchev–Trinajstić information content (AvgIpc) is 3.30. The summed E-state index contributed by atoms with van der Waals surface area (Å²) in [5, 5.41) is 10.4. The van der Waals surface area contributed by atoms with E-state index >= 15 is 0 Å². The molecule has 4 rings (SSSR count). The van der Waals surface area contributed by atoms with Gasteiger partial charge in [-0.15, -0.1) is 21.5 Å². The predicted molar refractivity (Wildman–Crippen MR) is 119 cm³/mol. The number of thiophene rings is 1. The van der Waals surface area contributed by atoms with Gasteiger partial charge >= 0.3 is 5.97 Å². The lowest BCUT2D eigenvalue weighted by atomic mass is 9.99. The van der Waals surface area contributed by atoms with Crippen LogP contribution in [0.2, 0.25) is 0 Å². The Morgan fingerprint density at radius 3 is 2.13 bits per heavy atom. The van der Waals surface area contributed by atoms with E-state index in [9.17, 15) is 13.2 Å². The molecular weight excluding hydrogens is 438 g/mol. The molecule has 0 N–H and O–H groups in total. The van der Waals surface area contributed by atoms with Gasteiger partial charge in [0.2, 0.25) is 10.0 Å². The predicted octanol–water partition coefficient (Wildman–Crippen LogP) is 2.07. The van der Waals surface area contributed by atoms with Gasteiger partial charge in [-0.1, -0.05) is 6.92 Å². The lowest BCUT2D eigenvalue weighted by molar-refractivity contribution is 0.0602. The number of ether oxygens (including phenoxy) is 1. The minimum Gasteiger partial charge on any atom is -0.465 e. The van der Waals surface area contributed by atoms with Crippen LogP contribution in [0.15, 0.2) is 28.5 Å². The van der Waals surface area contributed by atoms with Crippen LogP contribution in [-0.4, -0.2) is 75.3 Å². The third-order valence-corrected chi connectivity index (χ3v) is 8.89. The minimum atomic E-state index is -3.76. The highest BCUT2D eigenvalue weighted by molar-refractivity contribution is 7.89. The molecule has 0 spiro atoms. The maximum Gasteiger partial charge on any atom is 0.349 e. The monoisotopic (exact) mass is 465 g/mol. The number of rotatable bonds is 5. The van der Waals surface area contributed by atoms with Crippen LogP contribution in [0.1, 0.15) is 29.4 Å². The van der Waals surface area contributed by atoms with Crippen LogP contribution in [0.5, 0.6) is 0 Å². The summed E-state index contributed by atoms with van der Waals surface area (Å²) in [5.74, 6) is 1.76. The van der Waals surface area contributed by atoms with E-state index in [1.165, 1.54) is 30.3 Å². The SMILES string of the molecule is COC(=O)c1sccc1S(=O)(=O)N1CCN(c2ccc(N3CCC(C)CC3)nn2)CC1. The number of piperidine rings is 1. The van der Waals surface area contributed by atoms with Gasteiger partial charge in [-0.2, -0.15) is 4.31 Å². The van der Waals surface area contributed by atoms with E-state index in [1.54, 1.807) is 5.38 Å². The van der Waals surface area contributed by atoms with E-state index in [1.807, 2.05) is 17.0 Å². The van der Waals surface area contributed by atoms with E-state index in [0.29, 0.717) is 26.2 Å². The van der Waals surface area contributed by atoms with E-state index < -0.39 is 16.0 Å². The zero-order chi connectivity index (χ0) is 22.0. The summed E-state index contributed by atoms with van der Waals surface area (Å²) in [7, 11) is -2.52. The van der Waals surface area contributed by atoms with Crippen LogP contribution >= 0.6 is 11.3 Å². The van der Waals surface area contributed by atoms with Gasteiger partial charge in [0.05, 0.1) is 7.11 Å². The lowest BCUT2D eigenvalue weighted by Crippen LogP contribution is -2.49. The van der Waals surface area contributed by atoms with Crippen molar-refractivity contribution in [2.75, 3.05) is 56.2 Å². The standard InChI is InChI=1S/C20H27N5O4S2/c1-15-5-8-23(9-6-15)17-3-4-18(22-21-17)24-10-12-25(13-11-24)31(27,28)16-7-14-30-19(16)20(26)29-2/h3-4,7,14-15H,5-6,8-13H2,1-2H3. The fraction of sp³-hybridized carbons (Fsp3) is 0.550. The number of aromatic nitrogens is 2. The molecule has 0 saturated carbocycles. The molecule has 2 fully saturated rings. The quantitative estimate of drug-likeness (QED) is 0.620. The van der Waals surface area contributed by atoms with Crippen LogP contribution in [0, 0.1) is 5.92 Å². The van der Waals surface area contributed by atoms with Gasteiger partial charge in [0.15, 0.2) is 11.6 Å². The Morgan fingerprint density at radius 2 is 1.58 bits per heavy atom. The Kier molecular flexibility index (Phi) is 6.44. The lowest BCUT2D eigenvalue weighted by Gasteiger charge is -2.35. The van der Waals surface area contributed by atoms with E-state index in [2.05, 4.69) is 22.0 Å². The van der Waals surface area contributed by atoms with Crippen molar-refractivity contribution >= 4 is 39.0 Å². The molecule has 168 valence electrons. The molecule has 0 unspecified atom stereocenters. The number of nitrogens with zero attached hydrogens (tertiary/aromatic N) is 5. The van der Waals surface area contributed by atoms with Crippen molar-refractivity contribution in [1.29, 1.82) is 0 Å². The maximum absolute atomic E-state index is 13.0. The van der Waals surface area contributed by atoms with Gasteiger partial charge in [0, 0.05) is 39.3 Å². The third kappa shape index (κ3) is 4.53. The molecule has 31 heavy (non-hydrogen) atoms. The molecule has 2 aromatic rings. The second-order valence-electron chi connectivity index (χ2n) is 7.92. The Balaban J connectivity index is 1.39. The zero-order valence-electron chi connectivity index (χ0n) is 17.7. The smallest absolute Gasteiger partial charge is 0.349 e. The second-order valence-corrected chi connectivity index (χ2v) is 10.7. The molecule has 11 heteroatoms. The molecule has 2 aromatic heterocycles. The molecule has 2 saturated heterocycles. The van der Waals surface area contributed by atoms with Crippen LogP contribution in [0.25, 0.3) is 0 Å². The first-order chi connectivity index (χ1) is 14.9. The third-order valence-electron chi connectivity index (χ3n) is 5.92. The van der Waals surface area contributed by atoms with Crippen molar-refractivity contribution in [2.45, 2.75) is 24.7 Å². The molecule has 0 amide bonds. The number of anilines is 2. The number of sulfonamides is 1. The first-order valence-electron chi connectivity index (χ1n) is 10.4. The Morgan fingerprint density at radius 1 is 1.00 bits per heavy atom. The number of hydrogen-bond donors (Lipinski definition) is 0. The summed E-state index contributed by atoms with van der Waals surface area (Å²) in [4.78, 5) is 16.3. The van der Waals surface area contributed by atoms with Crippen molar-refractivity contribution in [3.63, 3.8) is 0 Å². The van der Waals surface area contributed by atoms with Gasteiger partial charge in [0.1, 0.15) is 9.77 Å². The number of esters is 1. The largest absolute Gasteiger partial charge is 0.465 e. The Bertz CT molecular complexity index is 1010. The summed E-state index contributed by atoms with van der Waals surface area (Å²) in [5.41, 5.74) is 0. The normalized spacial score (nSPS) is 18.9. The molecule has 4 heterocycles. The molecule has 0 radical (unpaired) electrons. The number of carbonyl (C=O) groups is 1. The molecule has 9 nitrogen and oxygen atoms in total. The van der Waals surface area contributed by atoms with Crippen molar-refractivity contribution in [3.05, 3.63) is 28.5 Å². The van der Waals surface area contributed by atoms with E-state index in [0.717, 1.165) is 42.0 Å². The first-order valence-corrected chi connectivity index (χ1v) is 12.7. The molecule has 0 aliphatic carbocycles. The number of carbonyl (C=O) groups excluding carboxylic acids is 1. The molecule has 0 bridgehead atoms. The summed E-state index contributed by atoms with van der Waals surface area (Å²) in [6.07, 6.45) is 2.34. The summed E-state index contributed by atoms with van der Waals surface area (Å²) < 4.78 is 32.2. The summed E-state index contributed by atoms with van der Waals surface area (Å²) in [6.45, 7) is 5.92. The zero-order valence-corrected chi connectivity index (χ0v) is 19.4. The van der Waals surface area contributed by atoms with Gasteiger partial charge in [0.25, 0.3) is 0 Å². The highest BCUT2D eigenvalue weighted by Gasteiger charge is 2.33. The summed E-state index contributed by atoms with van der Waals surface area (Å²) in [6, 6.07) is 5.42. The first kappa shape index (κ1) is 22.0. The molecular formula is C20H27N5O4S2. The van der Waals surface area contributed by atoms with Crippen molar-refractivity contribution in [1.82, 2.24) is 14.5 Å². The van der Waals surface area contributed by atoms with Gasteiger partial charge < -0.3 is 14.5 Å². The number of hydrogen-bond acceptors (Lipinski definition) is 9. The highest BCUT2D eigenvalue weighted by atomic mass is 32.2. The van der Waals surface area contributed by atoms with Crippen LogP contribution < -0.4 is 9.80 Å².